The van der Waals surface area contributed by atoms with Gasteiger partial charge in [0.1, 0.15) is 0 Å². The van der Waals surface area contributed by atoms with E-state index in [0.29, 0.717) is 19.7 Å². The van der Waals surface area contributed by atoms with Gasteiger partial charge in [-0.25, -0.2) is 0 Å². The van der Waals surface area contributed by atoms with Gasteiger partial charge in [-0.15, -0.1) is 0 Å². The summed E-state index contributed by atoms with van der Waals surface area (Å²) in [5, 5.41) is 6.54. The zero-order chi connectivity index (χ0) is 24.6. The molecule has 5 rings (SSSR count). The van der Waals surface area contributed by atoms with E-state index in [-0.39, 0.29) is 12.2 Å². The molecule has 1 atom stereocenters. The molecular formula is C31H34N2O3. The van der Waals surface area contributed by atoms with Crippen LogP contribution in [0.4, 0.5) is 0 Å². The molecule has 0 saturated carbocycles. The SMILES string of the molecule is O=C(NCc1ccccc1COC1CCCCO1)C1=C(c2cccc(-c3ccccc3)c2)CCNC1. The Morgan fingerprint density at radius 2 is 1.69 bits per heavy atom. The first-order chi connectivity index (χ1) is 17.8. The minimum Gasteiger partial charge on any atom is -0.353 e. The summed E-state index contributed by atoms with van der Waals surface area (Å²) < 4.78 is 11.7. The van der Waals surface area contributed by atoms with Gasteiger partial charge in [-0.3, -0.25) is 4.79 Å². The van der Waals surface area contributed by atoms with Crippen LogP contribution in [0.1, 0.15) is 42.4 Å². The average molecular weight is 483 g/mol. The number of hydrogen-bond donors (Lipinski definition) is 2. The van der Waals surface area contributed by atoms with Crippen LogP contribution in [-0.4, -0.2) is 31.9 Å². The molecule has 1 fully saturated rings. The first-order valence-electron chi connectivity index (χ1n) is 12.9. The number of hydrogen-bond acceptors (Lipinski definition) is 4. The van der Waals surface area contributed by atoms with Crippen molar-refractivity contribution in [2.24, 2.45) is 0 Å². The zero-order valence-electron chi connectivity index (χ0n) is 20.7. The van der Waals surface area contributed by atoms with E-state index < -0.39 is 0 Å². The van der Waals surface area contributed by atoms with Crippen LogP contribution in [0, 0.1) is 0 Å². The third-order valence-corrected chi connectivity index (χ3v) is 6.93. The fraction of sp³-hybridized carbons (Fsp3) is 0.323. The highest BCUT2D eigenvalue weighted by molar-refractivity contribution is 6.02. The van der Waals surface area contributed by atoms with Crippen LogP contribution >= 0.6 is 0 Å². The van der Waals surface area contributed by atoms with Crippen molar-refractivity contribution in [3.8, 4) is 11.1 Å². The van der Waals surface area contributed by atoms with Gasteiger partial charge >= 0.3 is 0 Å². The maximum atomic E-state index is 13.4. The Morgan fingerprint density at radius 1 is 0.917 bits per heavy atom. The lowest BCUT2D eigenvalue weighted by atomic mass is 9.91. The molecule has 1 unspecified atom stereocenters. The molecule has 1 saturated heterocycles. The lowest BCUT2D eigenvalue weighted by Crippen LogP contribution is -2.34. The van der Waals surface area contributed by atoms with Gasteiger partial charge in [0.05, 0.1) is 6.61 Å². The number of nitrogens with one attached hydrogen (secondary N) is 2. The van der Waals surface area contributed by atoms with E-state index in [1.54, 1.807) is 0 Å². The first kappa shape index (κ1) is 24.4. The molecule has 36 heavy (non-hydrogen) atoms. The maximum absolute atomic E-state index is 13.4. The van der Waals surface area contributed by atoms with E-state index in [0.717, 1.165) is 72.2 Å². The zero-order valence-corrected chi connectivity index (χ0v) is 20.7. The predicted octanol–water partition coefficient (Wildman–Crippen LogP) is 5.46. The molecule has 1 amide bonds. The molecule has 2 N–H and O–H groups in total. The van der Waals surface area contributed by atoms with E-state index in [1.807, 2.05) is 18.2 Å². The summed E-state index contributed by atoms with van der Waals surface area (Å²) in [6, 6.07) is 27.0. The van der Waals surface area contributed by atoms with Crippen molar-refractivity contribution < 1.29 is 14.3 Å². The predicted molar refractivity (Wildman–Crippen MR) is 143 cm³/mol. The van der Waals surface area contributed by atoms with Gasteiger partial charge in [0.25, 0.3) is 0 Å². The molecule has 0 aliphatic carbocycles. The Labute approximate surface area is 213 Å². The van der Waals surface area contributed by atoms with Gasteiger partial charge in [-0.2, -0.15) is 0 Å². The topological polar surface area (TPSA) is 59.6 Å². The van der Waals surface area contributed by atoms with Gasteiger partial charge in [0, 0.05) is 25.3 Å². The summed E-state index contributed by atoms with van der Waals surface area (Å²) in [7, 11) is 0. The lowest BCUT2D eigenvalue weighted by Gasteiger charge is -2.23. The highest BCUT2D eigenvalue weighted by Gasteiger charge is 2.21. The second kappa shape index (κ2) is 12.1. The lowest BCUT2D eigenvalue weighted by molar-refractivity contribution is -0.169. The third kappa shape index (κ3) is 6.11. The molecule has 2 aliphatic heterocycles. The van der Waals surface area contributed by atoms with Crippen molar-refractivity contribution in [2.75, 3.05) is 19.7 Å². The van der Waals surface area contributed by atoms with Crippen LogP contribution in [0.2, 0.25) is 0 Å². The average Bonchev–Trinajstić information content (AvgIpc) is 2.96. The Bertz CT molecular complexity index is 1200. The van der Waals surface area contributed by atoms with Crippen molar-refractivity contribution in [1.82, 2.24) is 10.6 Å². The van der Waals surface area contributed by atoms with Crippen LogP contribution in [0.25, 0.3) is 16.7 Å². The quantitative estimate of drug-likeness (QED) is 0.448. The second-order valence-electron chi connectivity index (χ2n) is 9.39. The van der Waals surface area contributed by atoms with Crippen LogP contribution in [0.15, 0.2) is 84.4 Å². The molecule has 5 nitrogen and oxygen atoms in total. The Balaban J connectivity index is 1.30. The molecular weight excluding hydrogens is 448 g/mol. The van der Waals surface area contributed by atoms with Crippen LogP contribution in [0.3, 0.4) is 0 Å². The molecule has 0 spiro atoms. The second-order valence-corrected chi connectivity index (χ2v) is 9.39. The van der Waals surface area contributed by atoms with Gasteiger partial charge in [-0.05, 0) is 71.7 Å². The minimum absolute atomic E-state index is 0.0198. The van der Waals surface area contributed by atoms with E-state index in [1.165, 1.54) is 5.56 Å². The summed E-state index contributed by atoms with van der Waals surface area (Å²) in [4.78, 5) is 13.4. The molecule has 3 aromatic carbocycles. The molecule has 3 aromatic rings. The number of ether oxygens (including phenoxy) is 2. The van der Waals surface area contributed by atoms with Crippen LogP contribution < -0.4 is 10.6 Å². The normalized spacial score (nSPS) is 18.2. The van der Waals surface area contributed by atoms with E-state index >= 15 is 0 Å². The number of carbonyl (C=O) groups excluding carboxylic acids is 1. The fourth-order valence-corrected chi connectivity index (χ4v) is 4.92. The summed E-state index contributed by atoms with van der Waals surface area (Å²) in [5.41, 5.74) is 7.54. The molecule has 0 aromatic heterocycles. The van der Waals surface area contributed by atoms with Crippen molar-refractivity contribution in [1.29, 1.82) is 0 Å². The monoisotopic (exact) mass is 482 g/mol. The van der Waals surface area contributed by atoms with Crippen molar-refractivity contribution in [3.05, 3.63) is 101 Å². The van der Waals surface area contributed by atoms with Gasteiger partial charge in [-0.1, -0.05) is 72.8 Å². The standard InChI is InChI=1S/C31H34N2O3/c34-31(33-20-26-11-4-5-12-27(26)22-36-30-15-6-7-18-35-30)29-21-32-17-16-28(29)25-14-8-13-24(19-25)23-9-2-1-3-10-23/h1-5,8-14,19,30,32H,6-7,15-18,20-22H2,(H,33,34). The summed E-state index contributed by atoms with van der Waals surface area (Å²) >= 11 is 0. The summed E-state index contributed by atoms with van der Waals surface area (Å²) in [6.45, 7) is 3.15. The maximum Gasteiger partial charge on any atom is 0.249 e. The molecule has 186 valence electrons. The Morgan fingerprint density at radius 3 is 2.53 bits per heavy atom. The number of carbonyl (C=O) groups is 1. The van der Waals surface area contributed by atoms with Crippen LogP contribution in [0.5, 0.6) is 0 Å². The Kier molecular flexibility index (Phi) is 8.24. The highest BCUT2D eigenvalue weighted by atomic mass is 16.7. The first-order valence-corrected chi connectivity index (χ1v) is 12.9. The minimum atomic E-state index is -0.130. The third-order valence-electron chi connectivity index (χ3n) is 6.93. The van der Waals surface area contributed by atoms with Gasteiger partial charge < -0.3 is 20.1 Å². The largest absolute Gasteiger partial charge is 0.353 e. The highest BCUT2D eigenvalue weighted by Crippen LogP contribution is 2.29. The molecule has 5 heteroatoms. The van der Waals surface area contributed by atoms with Gasteiger partial charge in [0.2, 0.25) is 5.91 Å². The number of rotatable bonds is 8. The Hall–Kier alpha value is -3.25. The van der Waals surface area contributed by atoms with E-state index in [4.69, 9.17) is 9.47 Å². The van der Waals surface area contributed by atoms with Crippen molar-refractivity contribution >= 4 is 11.5 Å². The summed E-state index contributed by atoms with van der Waals surface area (Å²) in [6.07, 6.45) is 3.88. The van der Waals surface area contributed by atoms with E-state index in [9.17, 15) is 4.79 Å². The van der Waals surface area contributed by atoms with Crippen LogP contribution in [-0.2, 0) is 27.4 Å². The molecule has 0 radical (unpaired) electrons. The van der Waals surface area contributed by atoms with Gasteiger partial charge in [0.15, 0.2) is 6.29 Å². The van der Waals surface area contributed by atoms with Crippen molar-refractivity contribution in [2.45, 2.75) is 45.1 Å². The number of benzene rings is 3. The molecule has 2 heterocycles. The number of amides is 1. The molecule has 0 bridgehead atoms. The smallest absolute Gasteiger partial charge is 0.249 e. The summed E-state index contributed by atoms with van der Waals surface area (Å²) in [5.74, 6) is -0.0198. The molecule has 2 aliphatic rings. The fourth-order valence-electron chi connectivity index (χ4n) is 4.92. The van der Waals surface area contributed by atoms with E-state index in [2.05, 4.69) is 71.3 Å². The van der Waals surface area contributed by atoms with Crippen molar-refractivity contribution in [3.63, 3.8) is 0 Å².